The van der Waals surface area contributed by atoms with E-state index in [0.717, 1.165) is 31.2 Å². The fourth-order valence-corrected chi connectivity index (χ4v) is 6.00. The first kappa shape index (κ1) is 27.7. The van der Waals surface area contributed by atoms with E-state index in [4.69, 9.17) is 11.6 Å². The number of sulfonamides is 1. The number of nitrogens with zero attached hydrogens (tertiary/aromatic N) is 1. The maximum absolute atomic E-state index is 13.6. The third kappa shape index (κ3) is 7.20. The van der Waals surface area contributed by atoms with E-state index in [0.29, 0.717) is 10.6 Å². The second-order valence-electron chi connectivity index (χ2n) is 8.59. The lowest BCUT2D eigenvalue weighted by molar-refractivity contribution is 0.0924. The molecule has 0 bridgehead atoms. The Morgan fingerprint density at radius 3 is 2.30 bits per heavy atom. The normalized spacial score (nSPS) is 19.5. The minimum Gasteiger partial charge on any atom is -0.392 e. The summed E-state index contributed by atoms with van der Waals surface area (Å²) in [6.45, 7) is 4.12. The molecule has 2 unspecified atom stereocenters. The molecule has 1 amide bonds. The van der Waals surface area contributed by atoms with Gasteiger partial charge in [-0.05, 0) is 67.6 Å². The molecule has 0 saturated heterocycles. The molecule has 1 aliphatic carbocycles. The summed E-state index contributed by atoms with van der Waals surface area (Å²) >= 11 is 5.97. The molecule has 2 N–H and O–H groups in total. The largest absolute Gasteiger partial charge is 0.392 e. The summed E-state index contributed by atoms with van der Waals surface area (Å²) in [7, 11) is -3.73. The Bertz CT molecular complexity index is 1010. The molecule has 1 saturated carbocycles. The molecular weight excluding hydrogens is 480 g/mol. The zero-order chi connectivity index (χ0) is 23.3. The van der Waals surface area contributed by atoms with E-state index < -0.39 is 16.1 Å². The SMILES string of the molecule is CC1CCCCC1N(Cc1ccc(C(=O)NC[C@H](C)O)cc1)S(=O)(=O)c1ccc(Cl)cc1.S. The third-order valence-electron chi connectivity index (χ3n) is 5.97. The molecule has 3 atom stereocenters. The van der Waals surface area contributed by atoms with Crippen LogP contribution < -0.4 is 5.32 Å². The first-order chi connectivity index (χ1) is 15.2. The van der Waals surface area contributed by atoms with Crippen LogP contribution in [0.4, 0.5) is 0 Å². The zero-order valence-electron chi connectivity index (χ0n) is 19.0. The Kier molecular flexibility index (Phi) is 10.2. The van der Waals surface area contributed by atoms with E-state index in [1.807, 2.05) is 0 Å². The van der Waals surface area contributed by atoms with Gasteiger partial charge in [0.25, 0.3) is 5.91 Å². The van der Waals surface area contributed by atoms with Gasteiger partial charge in [-0.15, -0.1) is 0 Å². The Morgan fingerprint density at radius 1 is 1.12 bits per heavy atom. The molecule has 0 radical (unpaired) electrons. The second kappa shape index (κ2) is 12.2. The van der Waals surface area contributed by atoms with Crippen molar-refractivity contribution < 1.29 is 18.3 Å². The average molecular weight is 513 g/mol. The standard InChI is InChI=1S/C24H31ClN2O4S.H2S/c1-17-5-3-4-6-23(17)27(32(30,31)22-13-11-21(25)12-14-22)16-19-7-9-20(10-8-19)24(29)26-15-18(2)28;/h7-14,17-18,23,28H,3-6,15-16H2,1-2H3,(H,26,29);1H2/t17?,18-,23?;/m0./s1. The number of carbonyl (C=O) groups is 1. The molecule has 1 aliphatic rings. The minimum atomic E-state index is -3.73. The molecule has 9 heteroatoms. The van der Waals surface area contributed by atoms with Crippen molar-refractivity contribution in [1.82, 2.24) is 9.62 Å². The number of hydrogen-bond donors (Lipinski definition) is 2. The van der Waals surface area contributed by atoms with Crippen molar-refractivity contribution in [1.29, 1.82) is 0 Å². The fourth-order valence-electron chi connectivity index (χ4n) is 4.13. The highest BCUT2D eigenvalue weighted by molar-refractivity contribution is 7.89. The van der Waals surface area contributed by atoms with Crippen LogP contribution in [0.25, 0.3) is 0 Å². The van der Waals surface area contributed by atoms with Crippen LogP contribution in [0, 0.1) is 5.92 Å². The highest BCUT2D eigenvalue weighted by atomic mass is 35.5. The lowest BCUT2D eigenvalue weighted by Crippen LogP contribution is -2.44. The molecular formula is C24H33ClN2O4S2. The van der Waals surface area contributed by atoms with Crippen molar-refractivity contribution >= 4 is 41.0 Å². The maximum atomic E-state index is 13.6. The number of benzene rings is 2. The van der Waals surface area contributed by atoms with Crippen LogP contribution in [-0.4, -0.2) is 42.4 Å². The minimum absolute atomic E-state index is 0. The van der Waals surface area contributed by atoms with Gasteiger partial charge in [0.05, 0.1) is 11.0 Å². The summed E-state index contributed by atoms with van der Waals surface area (Å²) in [5.74, 6) is -0.0136. The Labute approximate surface area is 208 Å². The first-order valence-corrected chi connectivity index (χ1v) is 12.8. The van der Waals surface area contributed by atoms with Crippen LogP contribution in [0.3, 0.4) is 0 Å². The van der Waals surface area contributed by atoms with Gasteiger partial charge in [-0.25, -0.2) is 8.42 Å². The van der Waals surface area contributed by atoms with Gasteiger partial charge in [0.15, 0.2) is 0 Å². The monoisotopic (exact) mass is 512 g/mol. The van der Waals surface area contributed by atoms with Crippen LogP contribution in [0.5, 0.6) is 0 Å². The average Bonchev–Trinajstić information content (AvgIpc) is 2.77. The van der Waals surface area contributed by atoms with E-state index in [-0.39, 0.29) is 49.3 Å². The fraction of sp³-hybridized carbons (Fsp3) is 0.458. The summed E-state index contributed by atoms with van der Waals surface area (Å²) in [6.07, 6.45) is 3.32. The first-order valence-electron chi connectivity index (χ1n) is 11.0. The lowest BCUT2D eigenvalue weighted by Gasteiger charge is -2.37. The lowest BCUT2D eigenvalue weighted by atomic mass is 9.86. The zero-order valence-corrected chi connectivity index (χ0v) is 21.6. The molecule has 1 fully saturated rings. The molecule has 33 heavy (non-hydrogen) atoms. The predicted molar refractivity (Wildman–Crippen MR) is 136 cm³/mol. The van der Waals surface area contributed by atoms with Gasteiger partial charge >= 0.3 is 0 Å². The van der Waals surface area contributed by atoms with Crippen molar-refractivity contribution in [2.24, 2.45) is 5.92 Å². The molecule has 0 heterocycles. The number of aliphatic hydroxyl groups excluding tert-OH is 1. The van der Waals surface area contributed by atoms with Gasteiger partial charge in [0, 0.05) is 29.7 Å². The molecule has 0 aromatic heterocycles. The molecule has 6 nitrogen and oxygen atoms in total. The molecule has 0 spiro atoms. The summed E-state index contributed by atoms with van der Waals surface area (Å²) in [6, 6.07) is 13.1. The van der Waals surface area contributed by atoms with Crippen LogP contribution in [0.1, 0.15) is 55.5 Å². The molecule has 182 valence electrons. The highest BCUT2D eigenvalue weighted by Crippen LogP contribution is 2.33. The molecule has 3 rings (SSSR count). The van der Waals surface area contributed by atoms with Crippen LogP contribution >= 0.6 is 25.1 Å². The molecule has 2 aromatic carbocycles. The third-order valence-corrected chi connectivity index (χ3v) is 8.11. The summed E-state index contributed by atoms with van der Waals surface area (Å²) in [4.78, 5) is 12.4. The van der Waals surface area contributed by atoms with Gasteiger partial charge in [-0.3, -0.25) is 4.79 Å². The van der Waals surface area contributed by atoms with Crippen molar-refractivity contribution in [3.05, 3.63) is 64.7 Å². The maximum Gasteiger partial charge on any atom is 0.251 e. The van der Waals surface area contributed by atoms with E-state index in [1.165, 1.54) is 0 Å². The van der Waals surface area contributed by atoms with E-state index in [2.05, 4.69) is 12.2 Å². The quantitative estimate of drug-likeness (QED) is 0.551. The van der Waals surface area contributed by atoms with Crippen molar-refractivity contribution in [2.45, 2.75) is 63.1 Å². The summed E-state index contributed by atoms with van der Waals surface area (Å²) < 4.78 is 28.8. The Balaban J connectivity index is 0.00000385. The van der Waals surface area contributed by atoms with Gasteiger partial charge in [0.2, 0.25) is 10.0 Å². The summed E-state index contributed by atoms with van der Waals surface area (Å²) in [5, 5.41) is 12.5. The van der Waals surface area contributed by atoms with E-state index >= 15 is 0 Å². The van der Waals surface area contributed by atoms with Crippen LogP contribution in [0.2, 0.25) is 5.02 Å². The summed E-state index contributed by atoms with van der Waals surface area (Å²) in [5.41, 5.74) is 1.28. The topological polar surface area (TPSA) is 86.7 Å². The number of hydrogen-bond acceptors (Lipinski definition) is 4. The van der Waals surface area contributed by atoms with Gasteiger partial charge in [-0.1, -0.05) is 43.5 Å². The Morgan fingerprint density at radius 2 is 1.73 bits per heavy atom. The van der Waals surface area contributed by atoms with Crippen molar-refractivity contribution in [3.8, 4) is 0 Å². The second-order valence-corrected chi connectivity index (χ2v) is 10.9. The van der Waals surface area contributed by atoms with Gasteiger partial charge < -0.3 is 10.4 Å². The number of aliphatic hydroxyl groups is 1. The number of amides is 1. The van der Waals surface area contributed by atoms with Gasteiger partial charge in [0.1, 0.15) is 0 Å². The van der Waals surface area contributed by atoms with E-state index in [9.17, 15) is 18.3 Å². The molecule has 2 aromatic rings. The molecule has 0 aliphatic heterocycles. The Hall–Kier alpha value is -1.58. The number of rotatable bonds is 8. The number of nitrogens with one attached hydrogen (secondary N) is 1. The number of halogens is 1. The number of carbonyl (C=O) groups excluding carboxylic acids is 1. The smallest absolute Gasteiger partial charge is 0.251 e. The van der Waals surface area contributed by atoms with Crippen LogP contribution in [0.15, 0.2) is 53.4 Å². The van der Waals surface area contributed by atoms with E-state index in [1.54, 1.807) is 59.8 Å². The van der Waals surface area contributed by atoms with Gasteiger partial charge in [-0.2, -0.15) is 17.8 Å². The van der Waals surface area contributed by atoms with Crippen LogP contribution in [-0.2, 0) is 16.6 Å². The van der Waals surface area contributed by atoms with Crippen molar-refractivity contribution in [3.63, 3.8) is 0 Å². The predicted octanol–water partition coefficient (Wildman–Crippen LogP) is 4.33. The van der Waals surface area contributed by atoms with Crippen molar-refractivity contribution in [2.75, 3.05) is 6.54 Å². The highest BCUT2D eigenvalue weighted by Gasteiger charge is 2.36.